The van der Waals surface area contributed by atoms with Crippen LogP contribution in [0.4, 0.5) is 5.69 Å². The molecule has 9 nitrogen and oxygen atoms in total. The van der Waals surface area contributed by atoms with Crippen molar-refractivity contribution >= 4 is 29.3 Å². The lowest BCUT2D eigenvalue weighted by atomic mass is 9.91. The highest BCUT2D eigenvalue weighted by Gasteiger charge is 2.26. The third-order valence-electron chi connectivity index (χ3n) is 6.65. The number of nitrogens with one attached hydrogen (secondary N) is 2. The van der Waals surface area contributed by atoms with E-state index in [1.165, 1.54) is 9.80 Å². The average Bonchev–Trinajstić information content (AvgIpc) is 2.89. The number of hydrogen-bond donors (Lipinski definition) is 2. The predicted molar refractivity (Wildman–Crippen MR) is 135 cm³/mol. The molecule has 36 heavy (non-hydrogen) atoms. The minimum atomic E-state index is -0.319. The molecule has 1 fully saturated rings. The number of hydrogen-bond acceptors (Lipinski definition) is 5. The molecule has 9 heteroatoms. The summed E-state index contributed by atoms with van der Waals surface area (Å²) in [5, 5.41) is 5.87. The van der Waals surface area contributed by atoms with Gasteiger partial charge >= 0.3 is 0 Å². The zero-order valence-electron chi connectivity index (χ0n) is 20.5. The molecule has 0 bridgehead atoms. The van der Waals surface area contributed by atoms with Gasteiger partial charge < -0.3 is 25.2 Å². The molecule has 1 saturated heterocycles. The third-order valence-corrected chi connectivity index (χ3v) is 6.65. The van der Waals surface area contributed by atoms with Crippen LogP contribution in [0.5, 0.6) is 5.75 Å². The zero-order valence-corrected chi connectivity index (χ0v) is 20.5. The number of carbonyl (C=O) groups is 4. The normalized spacial score (nSPS) is 19.9. The highest BCUT2D eigenvalue weighted by molar-refractivity contribution is 6.01. The Morgan fingerprint density at radius 3 is 2.56 bits per heavy atom. The van der Waals surface area contributed by atoms with Crippen LogP contribution in [-0.4, -0.2) is 68.4 Å². The molecule has 2 aliphatic rings. The van der Waals surface area contributed by atoms with Crippen LogP contribution < -0.4 is 20.3 Å². The van der Waals surface area contributed by atoms with E-state index in [1.807, 2.05) is 30.3 Å². The molecule has 2 aromatic rings. The van der Waals surface area contributed by atoms with Gasteiger partial charge in [0.15, 0.2) is 6.61 Å². The lowest BCUT2D eigenvalue weighted by Gasteiger charge is -2.27. The first kappa shape index (κ1) is 25.2. The molecule has 0 aliphatic carbocycles. The van der Waals surface area contributed by atoms with Gasteiger partial charge in [-0.05, 0) is 48.9 Å². The summed E-state index contributed by atoms with van der Waals surface area (Å²) in [7, 11) is 1.64. The van der Waals surface area contributed by atoms with E-state index in [-0.39, 0.29) is 42.7 Å². The van der Waals surface area contributed by atoms with Crippen LogP contribution in [0, 0.1) is 0 Å². The van der Waals surface area contributed by atoms with Crippen LogP contribution in [0.1, 0.15) is 47.5 Å². The molecule has 0 radical (unpaired) electrons. The summed E-state index contributed by atoms with van der Waals surface area (Å²) in [6, 6.07) is 14.9. The Hall–Kier alpha value is -3.88. The van der Waals surface area contributed by atoms with Crippen LogP contribution in [0.3, 0.4) is 0 Å². The molecular formula is C27H32N4O5. The molecule has 0 aromatic heterocycles. The molecule has 0 saturated carbocycles. The largest absolute Gasteiger partial charge is 0.482 e. The quantitative estimate of drug-likeness (QED) is 0.667. The summed E-state index contributed by atoms with van der Waals surface area (Å²) in [5.74, 6) is -0.0881. The molecule has 2 N–H and O–H groups in total. The van der Waals surface area contributed by atoms with Gasteiger partial charge in [0.2, 0.25) is 11.8 Å². The Morgan fingerprint density at radius 1 is 0.972 bits per heavy atom. The van der Waals surface area contributed by atoms with Crippen molar-refractivity contribution in [2.75, 3.05) is 44.7 Å². The van der Waals surface area contributed by atoms with Crippen LogP contribution in [-0.2, 0) is 14.4 Å². The number of ether oxygens (including phenoxy) is 1. The number of benzene rings is 2. The molecule has 2 heterocycles. The van der Waals surface area contributed by atoms with Gasteiger partial charge in [0, 0.05) is 38.7 Å². The topological polar surface area (TPSA) is 108 Å². The minimum absolute atomic E-state index is 0.0164. The Balaban J connectivity index is 1.47. The molecule has 0 spiro atoms. The van der Waals surface area contributed by atoms with Crippen molar-refractivity contribution in [1.82, 2.24) is 15.5 Å². The number of likely N-dealkylation sites (N-methyl/N-ethyl adjacent to an activating group) is 1. The highest BCUT2D eigenvalue weighted by Crippen LogP contribution is 2.32. The summed E-state index contributed by atoms with van der Waals surface area (Å²) in [5.41, 5.74) is 2.02. The second kappa shape index (κ2) is 11.7. The molecule has 1 atom stereocenters. The Morgan fingerprint density at radius 2 is 1.75 bits per heavy atom. The maximum absolute atomic E-state index is 13.4. The lowest BCUT2D eigenvalue weighted by molar-refractivity contribution is -0.123. The summed E-state index contributed by atoms with van der Waals surface area (Å²) in [6.45, 7) is 1.03. The van der Waals surface area contributed by atoms with Gasteiger partial charge in [-0.25, -0.2) is 0 Å². The SMILES string of the molecule is CN1C(=O)COc2ccc(C(=O)N3CCCNC(=O)CCC(c4ccccc4)CCNC(=O)C3)cc21. The fourth-order valence-electron chi connectivity index (χ4n) is 4.55. The van der Waals surface area contributed by atoms with Gasteiger partial charge in [0.1, 0.15) is 5.75 Å². The lowest BCUT2D eigenvalue weighted by Crippen LogP contribution is -2.43. The van der Waals surface area contributed by atoms with E-state index in [1.54, 1.807) is 25.2 Å². The number of carbonyl (C=O) groups excluding carboxylic acids is 4. The van der Waals surface area contributed by atoms with E-state index in [0.29, 0.717) is 62.3 Å². The third kappa shape index (κ3) is 6.21. The number of amides is 4. The molecule has 2 aromatic carbocycles. The number of anilines is 1. The summed E-state index contributed by atoms with van der Waals surface area (Å²) in [4.78, 5) is 53.5. The van der Waals surface area contributed by atoms with E-state index in [9.17, 15) is 19.2 Å². The molecular weight excluding hydrogens is 460 g/mol. The summed E-state index contributed by atoms with van der Waals surface area (Å²) >= 11 is 0. The van der Waals surface area contributed by atoms with Gasteiger partial charge in [0.05, 0.1) is 12.2 Å². The van der Waals surface area contributed by atoms with Crippen LogP contribution >= 0.6 is 0 Å². The first-order chi connectivity index (χ1) is 17.4. The maximum atomic E-state index is 13.4. The summed E-state index contributed by atoms with van der Waals surface area (Å²) in [6.07, 6.45) is 2.32. The molecule has 1 unspecified atom stereocenters. The maximum Gasteiger partial charge on any atom is 0.264 e. The van der Waals surface area contributed by atoms with Crippen molar-refractivity contribution in [3.63, 3.8) is 0 Å². The van der Waals surface area contributed by atoms with Crippen molar-refractivity contribution in [2.24, 2.45) is 0 Å². The Bertz CT molecular complexity index is 1120. The Labute approximate surface area is 210 Å². The molecule has 4 amide bonds. The van der Waals surface area contributed by atoms with Crippen LogP contribution in [0.15, 0.2) is 48.5 Å². The summed E-state index contributed by atoms with van der Waals surface area (Å²) < 4.78 is 5.45. The van der Waals surface area contributed by atoms with E-state index in [0.717, 1.165) is 5.56 Å². The number of rotatable bonds is 2. The van der Waals surface area contributed by atoms with Crippen LogP contribution in [0.25, 0.3) is 0 Å². The first-order valence-corrected chi connectivity index (χ1v) is 12.3. The van der Waals surface area contributed by atoms with E-state index in [4.69, 9.17) is 4.74 Å². The van der Waals surface area contributed by atoms with Gasteiger partial charge in [-0.15, -0.1) is 0 Å². The van der Waals surface area contributed by atoms with E-state index >= 15 is 0 Å². The van der Waals surface area contributed by atoms with Crippen LogP contribution in [0.2, 0.25) is 0 Å². The van der Waals surface area contributed by atoms with Crippen molar-refractivity contribution in [3.05, 3.63) is 59.7 Å². The van der Waals surface area contributed by atoms with E-state index < -0.39 is 0 Å². The molecule has 2 aliphatic heterocycles. The van der Waals surface area contributed by atoms with Crippen molar-refractivity contribution < 1.29 is 23.9 Å². The zero-order chi connectivity index (χ0) is 25.5. The first-order valence-electron chi connectivity index (χ1n) is 12.3. The smallest absolute Gasteiger partial charge is 0.264 e. The average molecular weight is 493 g/mol. The Kier molecular flexibility index (Phi) is 8.20. The van der Waals surface area contributed by atoms with E-state index in [2.05, 4.69) is 10.6 Å². The number of nitrogens with zero attached hydrogens (tertiary/aromatic N) is 2. The number of fused-ring (bicyclic) bond motifs is 1. The van der Waals surface area contributed by atoms with Crippen molar-refractivity contribution in [1.29, 1.82) is 0 Å². The van der Waals surface area contributed by atoms with Gasteiger partial charge in [-0.1, -0.05) is 30.3 Å². The molecule has 4 rings (SSSR count). The fourth-order valence-corrected chi connectivity index (χ4v) is 4.55. The second-order valence-electron chi connectivity index (χ2n) is 9.14. The highest BCUT2D eigenvalue weighted by atomic mass is 16.5. The van der Waals surface area contributed by atoms with Crippen molar-refractivity contribution in [3.8, 4) is 5.75 Å². The van der Waals surface area contributed by atoms with Gasteiger partial charge in [-0.3, -0.25) is 19.2 Å². The van der Waals surface area contributed by atoms with Gasteiger partial charge in [0.25, 0.3) is 11.8 Å². The molecule has 190 valence electrons. The predicted octanol–water partition coefficient (Wildman–Crippen LogP) is 2.07. The fraction of sp³-hybridized carbons (Fsp3) is 0.407. The minimum Gasteiger partial charge on any atom is -0.482 e. The standard InChI is InChI=1S/C27H32N4O5/c1-30-22-16-21(8-10-23(22)36-18-26(30)34)27(35)31-15-5-13-28-24(32)11-9-20(12-14-29-25(33)17-31)19-6-3-2-4-7-19/h2-4,6-8,10,16,20H,5,9,11-15,17-18H2,1H3,(H,28,32)(H,29,33). The second-order valence-corrected chi connectivity index (χ2v) is 9.14. The monoisotopic (exact) mass is 492 g/mol. The van der Waals surface area contributed by atoms with Crippen molar-refractivity contribution in [2.45, 2.75) is 31.6 Å². The van der Waals surface area contributed by atoms with Gasteiger partial charge in [-0.2, -0.15) is 0 Å².